The number of nitrogens with one attached hydrogen (secondary N) is 1. The van der Waals surface area contributed by atoms with Gasteiger partial charge in [-0.2, -0.15) is 0 Å². The molecule has 138 valence electrons. The van der Waals surface area contributed by atoms with Crippen molar-refractivity contribution in [1.29, 1.82) is 0 Å². The van der Waals surface area contributed by atoms with Crippen LogP contribution in [-0.4, -0.2) is 43.8 Å². The molecular formula is C20H24FN3O2. The highest BCUT2D eigenvalue weighted by Gasteiger charge is 2.22. The van der Waals surface area contributed by atoms with Gasteiger partial charge in [-0.3, -0.25) is 0 Å². The normalized spacial score (nSPS) is 14.3. The summed E-state index contributed by atoms with van der Waals surface area (Å²) in [4.78, 5) is 16.0. The molecule has 26 heavy (non-hydrogen) atoms. The van der Waals surface area contributed by atoms with Crippen LogP contribution in [0, 0.1) is 19.7 Å². The van der Waals surface area contributed by atoms with E-state index in [1.165, 1.54) is 6.07 Å². The van der Waals surface area contributed by atoms with Gasteiger partial charge in [0.1, 0.15) is 11.6 Å². The molecule has 0 spiro atoms. The van der Waals surface area contributed by atoms with E-state index in [9.17, 15) is 9.18 Å². The molecular weight excluding hydrogens is 333 g/mol. The van der Waals surface area contributed by atoms with Crippen LogP contribution in [0.5, 0.6) is 5.75 Å². The third kappa shape index (κ3) is 4.07. The van der Waals surface area contributed by atoms with Gasteiger partial charge < -0.3 is 19.9 Å². The molecule has 1 aliphatic heterocycles. The lowest BCUT2D eigenvalue weighted by Gasteiger charge is -2.36. The second-order valence-corrected chi connectivity index (χ2v) is 6.39. The Morgan fingerprint density at radius 3 is 2.54 bits per heavy atom. The van der Waals surface area contributed by atoms with Crippen molar-refractivity contribution in [1.82, 2.24) is 10.2 Å². The molecule has 0 bridgehead atoms. The Hall–Kier alpha value is -2.76. The van der Waals surface area contributed by atoms with Crippen LogP contribution in [0.2, 0.25) is 0 Å². The Morgan fingerprint density at radius 1 is 1.08 bits per heavy atom. The summed E-state index contributed by atoms with van der Waals surface area (Å²) < 4.78 is 19.5. The van der Waals surface area contributed by atoms with Crippen molar-refractivity contribution < 1.29 is 13.9 Å². The fourth-order valence-corrected chi connectivity index (χ4v) is 3.03. The second kappa shape index (κ2) is 8.08. The van der Waals surface area contributed by atoms with Crippen LogP contribution >= 0.6 is 0 Å². The van der Waals surface area contributed by atoms with Crippen LogP contribution in [0.3, 0.4) is 0 Å². The second-order valence-electron chi connectivity index (χ2n) is 6.39. The average molecular weight is 357 g/mol. The molecule has 2 amide bonds. The number of carbonyl (C=O) groups excluding carboxylic acids is 1. The van der Waals surface area contributed by atoms with Gasteiger partial charge in [0, 0.05) is 26.2 Å². The first-order chi connectivity index (χ1) is 12.6. The van der Waals surface area contributed by atoms with Crippen LogP contribution < -0.4 is 15.0 Å². The fraction of sp³-hybridized carbons (Fsp3) is 0.350. The molecule has 3 rings (SSSR count). The van der Waals surface area contributed by atoms with E-state index in [-0.39, 0.29) is 18.6 Å². The van der Waals surface area contributed by atoms with Gasteiger partial charge in [0.25, 0.3) is 0 Å². The topological polar surface area (TPSA) is 44.8 Å². The summed E-state index contributed by atoms with van der Waals surface area (Å²) in [5.74, 6) is 0.544. The van der Waals surface area contributed by atoms with Crippen LogP contribution in [0.15, 0.2) is 42.5 Å². The lowest BCUT2D eigenvalue weighted by molar-refractivity contribution is 0.181. The van der Waals surface area contributed by atoms with E-state index in [2.05, 4.69) is 5.32 Å². The molecule has 1 fully saturated rings. The first-order valence-electron chi connectivity index (χ1n) is 8.77. The maximum absolute atomic E-state index is 13.9. The van der Waals surface area contributed by atoms with Crippen molar-refractivity contribution in [2.75, 3.05) is 37.8 Å². The molecule has 0 atom stereocenters. The molecule has 6 heteroatoms. The number of carbonyl (C=O) groups is 1. The Morgan fingerprint density at radius 2 is 1.81 bits per heavy atom. The fourth-order valence-electron chi connectivity index (χ4n) is 3.03. The summed E-state index contributed by atoms with van der Waals surface area (Å²) in [7, 11) is 0. The van der Waals surface area contributed by atoms with Crippen molar-refractivity contribution in [3.05, 3.63) is 59.4 Å². The number of ether oxygens (including phenoxy) is 1. The van der Waals surface area contributed by atoms with Crippen molar-refractivity contribution in [3.8, 4) is 5.75 Å². The zero-order valence-electron chi connectivity index (χ0n) is 15.2. The zero-order chi connectivity index (χ0) is 18.5. The van der Waals surface area contributed by atoms with Gasteiger partial charge in [0.05, 0.1) is 5.69 Å². The van der Waals surface area contributed by atoms with Gasteiger partial charge in [-0.05, 0) is 43.2 Å². The Balaban J connectivity index is 1.47. The van der Waals surface area contributed by atoms with E-state index in [0.717, 1.165) is 16.9 Å². The predicted molar refractivity (Wildman–Crippen MR) is 100 cm³/mol. The maximum atomic E-state index is 13.9. The molecule has 5 nitrogen and oxygen atoms in total. The zero-order valence-corrected chi connectivity index (χ0v) is 15.2. The number of benzene rings is 2. The van der Waals surface area contributed by atoms with Crippen LogP contribution in [0.25, 0.3) is 0 Å². The third-order valence-corrected chi connectivity index (χ3v) is 4.77. The van der Waals surface area contributed by atoms with Gasteiger partial charge >= 0.3 is 6.03 Å². The van der Waals surface area contributed by atoms with E-state index in [4.69, 9.17) is 4.74 Å². The summed E-state index contributed by atoms with van der Waals surface area (Å²) >= 11 is 0. The van der Waals surface area contributed by atoms with E-state index in [1.807, 2.05) is 43.0 Å². The van der Waals surface area contributed by atoms with Gasteiger partial charge in [-0.25, -0.2) is 9.18 Å². The number of aryl methyl sites for hydroxylation is 1. The minimum absolute atomic E-state index is 0.122. The number of rotatable bonds is 4. The molecule has 0 unspecified atom stereocenters. The summed E-state index contributed by atoms with van der Waals surface area (Å²) in [6.45, 7) is 6.44. The lowest BCUT2D eigenvalue weighted by Crippen LogP contribution is -2.52. The number of hydrogen-bond acceptors (Lipinski definition) is 3. The molecule has 2 aromatic carbocycles. The molecule has 0 aliphatic carbocycles. The lowest BCUT2D eigenvalue weighted by atomic mass is 10.1. The summed E-state index contributed by atoms with van der Waals surface area (Å²) in [5.41, 5.74) is 2.81. The van der Waals surface area contributed by atoms with Gasteiger partial charge in [-0.15, -0.1) is 0 Å². The quantitative estimate of drug-likeness (QED) is 0.854. The number of para-hydroxylation sites is 1. The Kier molecular flexibility index (Phi) is 5.61. The third-order valence-electron chi connectivity index (χ3n) is 4.77. The van der Waals surface area contributed by atoms with Gasteiger partial charge in [-0.1, -0.05) is 24.3 Å². The highest BCUT2D eigenvalue weighted by atomic mass is 19.1. The van der Waals surface area contributed by atoms with Crippen LogP contribution in [-0.2, 0) is 0 Å². The smallest absolute Gasteiger partial charge is 0.320 e. The number of anilines is 1. The standard InChI is InChI=1S/C20H24FN3O2/c1-15-6-5-9-19(16(15)2)26-14-22-20(25)24-12-10-23(11-13-24)18-8-4-3-7-17(18)21/h3-9H,10-14H2,1-2H3,(H,22,25). The first-order valence-corrected chi connectivity index (χ1v) is 8.77. The van der Waals surface area contributed by atoms with E-state index < -0.39 is 0 Å². The van der Waals surface area contributed by atoms with Gasteiger partial charge in [0.2, 0.25) is 0 Å². The molecule has 1 heterocycles. The number of halogens is 1. The molecule has 0 saturated carbocycles. The van der Waals surface area contributed by atoms with Gasteiger partial charge in [0.15, 0.2) is 6.73 Å². The molecule has 1 saturated heterocycles. The molecule has 0 aromatic heterocycles. The molecule has 1 aliphatic rings. The molecule has 1 N–H and O–H groups in total. The predicted octanol–water partition coefficient (Wildman–Crippen LogP) is 3.31. The summed E-state index contributed by atoms with van der Waals surface area (Å²) in [6, 6.07) is 12.4. The minimum atomic E-state index is -0.229. The minimum Gasteiger partial charge on any atom is -0.473 e. The summed E-state index contributed by atoms with van der Waals surface area (Å²) in [5, 5.41) is 2.79. The number of urea groups is 1. The number of nitrogens with zero attached hydrogens (tertiary/aromatic N) is 2. The number of amides is 2. The highest BCUT2D eigenvalue weighted by molar-refractivity contribution is 5.74. The molecule has 0 radical (unpaired) electrons. The van der Waals surface area contributed by atoms with Crippen molar-refractivity contribution in [2.45, 2.75) is 13.8 Å². The monoisotopic (exact) mass is 357 g/mol. The largest absolute Gasteiger partial charge is 0.473 e. The summed E-state index contributed by atoms with van der Waals surface area (Å²) in [6.07, 6.45) is 0. The van der Waals surface area contributed by atoms with E-state index in [1.54, 1.807) is 17.0 Å². The number of piperazine rings is 1. The van der Waals surface area contributed by atoms with Crippen LogP contribution in [0.4, 0.5) is 14.9 Å². The number of hydrogen-bond donors (Lipinski definition) is 1. The Bertz CT molecular complexity index is 773. The first kappa shape index (κ1) is 18.0. The SMILES string of the molecule is Cc1cccc(OCNC(=O)N2CCN(c3ccccc3F)CC2)c1C. The average Bonchev–Trinajstić information content (AvgIpc) is 2.65. The van der Waals surface area contributed by atoms with Crippen molar-refractivity contribution in [3.63, 3.8) is 0 Å². The van der Waals surface area contributed by atoms with E-state index >= 15 is 0 Å². The van der Waals surface area contributed by atoms with Crippen LogP contribution in [0.1, 0.15) is 11.1 Å². The maximum Gasteiger partial charge on any atom is 0.320 e. The Labute approximate surface area is 153 Å². The van der Waals surface area contributed by atoms with Crippen molar-refractivity contribution >= 4 is 11.7 Å². The highest BCUT2D eigenvalue weighted by Crippen LogP contribution is 2.21. The van der Waals surface area contributed by atoms with E-state index in [0.29, 0.717) is 31.9 Å². The van der Waals surface area contributed by atoms with Crippen molar-refractivity contribution in [2.24, 2.45) is 0 Å². The molecule has 2 aromatic rings.